The van der Waals surface area contributed by atoms with Crippen molar-refractivity contribution < 1.29 is 28.5 Å². The maximum atomic E-state index is 11.7. The summed E-state index contributed by atoms with van der Waals surface area (Å²) in [4.78, 5) is 22.4. The summed E-state index contributed by atoms with van der Waals surface area (Å²) in [7, 11) is 0. The van der Waals surface area contributed by atoms with E-state index in [-0.39, 0.29) is 18.3 Å². The third-order valence-electron chi connectivity index (χ3n) is 3.87. The number of carbonyl (C=O) groups excluding carboxylic acids is 2. The Morgan fingerprint density at radius 3 is 1.87 bits per heavy atom. The smallest absolute Gasteiger partial charge is 0.220 e. The fraction of sp³-hybridized carbons (Fsp3) is 0.913. The van der Waals surface area contributed by atoms with Crippen LogP contribution >= 0.6 is 0 Å². The number of ketones is 1. The summed E-state index contributed by atoms with van der Waals surface area (Å²) in [5.41, 5.74) is 0. The lowest BCUT2D eigenvalue weighted by molar-refractivity contribution is -0.122. The summed E-state index contributed by atoms with van der Waals surface area (Å²) >= 11 is 0. The van der Waals surface area contributed by atoms with Gasteiger partial charge in [0.1, 0.15) is 6.61 Å². The van der Waals surface area contributed by atoms with Crippen molar-refractivity contribution in [2.75, 3.05) is 52.8 Å². The number of carbonyl (C=O) groups is 2. The molecular weight excluding hydrogens is 386 g/mol. The molecule has 1 amide bonds. The number of hydrogen-bond acceptors (Lipinski definition) is 6. The standard InChI is InChI=1S/C21H41NO6.C2H6/c1-19(2)28-12-9-7-5-4-6-8-10-21(24)22-11-13-25-14-15-26-16-17-27-18-20(3)23;1-2/h19H,4-18H2,1-3H3,(H,22,24);1-2H3. The SMILES string of the molecule is CC.CC(=O)COCCOCCOCCNC(=O)CCCCCCCCOC(C)C. The van der Waals surface area contributed by atoms with Crippen molar-refractivity contribution in [2.45, 2.75) is 85.7 Å². The molecule has 0 aliphatic rings. The third-order valence-corrected chi connectivity index (χ3v) is 3.87. The molecule has 0 aromatic carbocycles. The van der Waals surface area contributed by atoms with E-state index in [9.17, 15) is 9.59 Å². The molecule has 0 spiro atoms. The minimum Gasteiger partial charge on any atom is -0.379 e. The maximum Gasteiger partial charge on any atom is 0.220 e. The molecule has 0 unspecified atom stereocenters. The normalized spacial score (nSPS) is 10.6. The molecular formula is C23H47NO6. The Morgan fingerprint density at radius 2 is 1.27 bits per heavy atom. The molecule has 180 valence electrons. The van der Waals surface area contributed by atoms with Gasteiger partial charge >= 0.3 is 0 Å². The van der Waals surface area contributed by atoms with Crippen LogP contribution in [0.2, 0.25) is 0 Å². The highest BCUT2D eigenvalue weighted by Gasteiger charge is 2.01. The Morgan fingerprint density at radius 1 is 0.733 bits per heavy atom. The average molecular weight is 434 g/mol. The van der Waals surface area contributed by atoms with Gasteiger partial charge in [0, 0.05) is 19.6 Å². The van der Waals surface area contributed by atoms with Crippen LogP contribution in [0.25, 0.3) is 0 Å². The number of ether oxygens (including phenoxy) is 4. The summed E-state index contributed by atoms with van der Waals surface area (Å²) in [5.74, 6) is 0.0984. The molecule has 0 saturated heterocycles. The molecule has 0 heterocycles. The molecule has 0 aliphatic heterocycles. The Labute approximate surface area is 184 Å². The van der Waals surface area contributed by atoms with Crippen LogP contribution in [0.15, 0.2) is 0 Å². The van der Waals surface area contributed by atoms with Gasteiger partial charge in [-0.3, -0.25) is 9.59 Å². The molecule has 0 atom stereocenters. The van der Waals surface area contributed by atoms with Gasteiger partial charge < -0.3 is 24.3 Å². The van der Waals surface area contributed by atoms with Crippen molar-refractivity contribution in [1.29, 1.82) is 0 Å². The van der Waals surface area contributed by atoms with Crippen LogP contribution in [0, 0.1) is 0 Å². The van der Waals surface area contributed by atoms with Gasteiger partial charge in [-0.05, 0) is 33.6 Å². The third kappa shape index (κ3) is 29.2. The molecule has 0 rings (SSSR count). The number of unbranched alkanes of at least 4 members (excludes halogenated alkanes) is 5. The molecule has 7 nitrogen and oxygen atoms in total. The van der Waals surface area contributed by atoms with Crippen molar-refractivity contribution in [1.82, 2.24) is 5.32 Å². The number of Topliss-reactive ketones (excluding diaryl/α,β-unsaturated/α-hetero) is 1. The molecule has 0 aliphatic carbocycles. The van der Waals surface area contributed by atoms with E-state index in [1.165, 1.54) is 26.2 Å². The topological polar surface area (TPSA) is 83.1 Å². The Bertz CT molecular complexity index is 377. The van der Waals surface area contributed by atoms with E-state index >= 15 is 0 Å². The molecule has 0 bridgehead atoms. The molecule has 0 saturated carbocycles. The first kappa shape index (κ1) is 31.2. The highest BCUT2D eigenvalue weighted by Crippen LogP contribution is 2.07. The molecule has 0 fully saturated rings. The number of nitrogens with one attached hydrogen (secondary N) is 1. The number of amides is 1. The van der Waals surface area contributed by atoms with E-state index in [4.69, 9.17) is 18.9 Å². The first-order valence-corrected chi connectivity index (χ1v) is 11.6. The summed E-state index contributed by atoms with van der Waals surface area (Å²) in [5, 5.41) is 2.87. The minimum atomic E-state index is 0.00781. The fourth-order valence-corrected chi connectivity index (χ4v) is 2.42. The van der Waals surface area contributed by atoms with Crippen LogP contribution in [0.1, 0.15) is 79.6 Å². The van der Waals surface area contributed by atoms with Crippen LogP contribution in [0.3, 0.4) is 0 Å². The molecule has 30 heavy (non-hydrogen) atoms. The first-order valence-electron chi connectivity index (χ1n) is 11.6. The lowest BCUT2D eigenvalue weighted by atomic mass is 10.1. The fourth-order valence-electron chi connectivity index (χ4n) is 2.42. The maximum absolute atomic E-state index is 11.7. The van der Waals surface area contributed by atoms with Gasteiger partial charge in [-0.1, -0.05) is 39.5 Å². The summed E-state index contributed by atoms with van der Waals surface area (Å²) in [6.07, 6.45) is 7.65. The molecule has 7 heteroatoms. The highest BCUT2D eigenvalue weighted by atomic mass is 16.5. The zero-order valence-electron chi connectivity index (χ0n) is 20.1. The van der Waals surface area contributed by atoms with E-state index in [0.717, 1.165) is 25.9 Å². The van der Waals surface area contributed by atoms with E-state index in [0.29, 0.717) is 52.1 Å². The number of rotatable bonds is 21. The second-order valence-electron chi connectivity index (χ2n) is 7.12. The van der Waals surface area contributed by atoms with Crippen LogP contribution in [0.4, 0.5) is 0 Å². The van der Waals surface area contributed by atoms with Gasteiger partial charge in [0.05, 0.1) is 39.1 Å². The lowest BCUT2D eigenvalue weighted by Crippen LogP contribution is -2.27. The predicted molar refractivity (Wildman–Crippen MR) is 121 cm³/mol. The zero-order chi connectivity index (χ0) is 22.9. The molecule has 0 radical (unpaired) electrons. The second kappa shape index (κ2) is 26.0. The highest BCUT2D eigenvalue weighted by molar-refractivity contribution is 5.76. The van der Waals surface area contributed by atoms with Gasteiger partial charge in [-0.25, -0.2) is 0 Å². The van der Waals surface area contributed by atoms with Crippen LogP contribution < -0.4 is 5.32 Å². The van der Waals surface area contributed by atoms with E-state index in [1.807, 2.05) is 13.8 Å². The van der Waals surface area contributed by atoms with Crippen molar-refractivity contribution in [3.63, 3.8) is 0 Å². The van der Waals surface area contributed by atoms with Gasteiger partial charge in [-0.15, -0.1) is 0 Å². The van der Waals surface area contributed by atoms with Crippen LogP contribution in [-0.4, -0.2) is 70.6 Å². The van der Waals surface area contributed by atoms with E-state index in [2.05, 4.69) is 19.2 Å². The quantitative estimate of drug-likeness (QED) is 0.276. The van der Waals surface area contributed by atoms with Crippen molar-refractivity contribution in [3.05, 3.63) is 0 Å². The molecule has 1 N–H and O–H groups in total. The van der Waals surface area contributed by atoms with Gasteiger partial charge in [0.2, 0.25) is 5.91 Å². The first-order chi connectivity index (χ1) is 14.5. The minimum absolute atomic E-state index is 0.00781. The summed E-state index contributed by atoms with van der Waals surface area (Å²) in [6, 6.07) is 0. The molecule has 0 aromatic rings. The lowest BCUT2D eigenvalue weighted by Gasteiger charge is -2.08. The number of hydrogen-bond donors (Lipinski definition) is 1. The van der Waals surface area contributed by atoms with Crippen molar-refractivity contribution in [3.8, 4) is 0 Å². The predicted octanol–water partition coefficient (Wildman–Crippen LogP) is 3.92. The largest absolute Gasteiger partial charge is 0.379 e. The van der Waals surface area contributed by atoms with Crippen LogP contribution in [0.5, 0.6) is 0 Å². The average Bonchev–Trinajstić information content (AvgIpc) is 2.71. The zero-order valence-corrected chi connectivity index (χ0v) is 20.1. The van der Waals surface area contributed by atoms with Crippen molar-refractivity contribution in [2.24, 2.45) is 0 Å². The summed E-state index contributed by atoms with van der Waals surface area (Å²) < 4.78 is 21.3. The second-order valence-corrected chi connectivity index (χ2v) is 7.12. The Balaban J connectivity index is 0. The Kier molecular flexibility index (Phi) is 27.0. The van der Waals surface area contributed by atoms with Crippen LogP contribution in [-0.2, 0) is 28.5 Å². The van der Waals surface area contributed by atoms with Gasteiger partial charge in [-0.2, -0.15) is 0 Å². The van der Waals surface area contributed by atoms with Gasteiger partial charge in [0.15, 0.2) is 5.78 Å². The summed E-state index contributed by atoms with van der Waals surface area (Å²) in [6.45, 7) is 13.4. The van der Waals surface area contributed by atoms with E-state index in [1.54, 1.807) is 0 Å². The van der Waals surface area contributed by atoms with E-state index < -0.39 is 0 Å². The Hall–Kier alpha value is -1.02. The van der Waals surface area contributed by atoms with Gasteiger partial charge in [0.25, 0.3) is 0 Å². The van der Waals surface area contributed by atoms with Crippen molar-refractivity contribution >= 4 is 11.7 Å². The molecule has 0 aromatic heterocycles. The monoisotopic (exact) mass is 433 g/mol.